The number of nitrogens with zero attached hydrogens (tertiary/aromatic N) is 1. The van der Waals surface area contributed by atoms with Gasteiger partial charge in [-0.2, -0.15) is 0 Å². The second-order valence-corrected chi connectivity index (χ2v) is 4.55. The van der Waals surface area contributed by atoms with E-state index in [1.165, 1.54) is 5.69 Å². The van der Waals surface area contributed by atoms with Crippen LogP contribution in [0.5, 0.6) is 0 Å². The summed E-state index contributed by atoms with van der Waals surface area (Å²) in [5, 5.41) is 0. The summed E-state index contributed by atoms with van der Waals surface area (Å²) in [6.07, 6.45) is 0. The van der Waals surface area contributed by atoms with Crippen molar-refractivity contribution in [3.63, 3.8) is 0 Å². The van der Waals surface area contributed by atoms with Gasteiger partial charge in [0.25, 0.3) is 0 Å². The topological polar surface area (TPSA) is 47.7 Å². The molecule has 1 aromatic carbocycles. The summed E-state index contributed by atoms with van der Waals surface area (Å²) in [4.78, 5) is 6.92. The SMILES string of the molecule is NOCc1ccc(N2CCOCC2)c(Br)c1. The van der Waals surface area contributed by atoms with Gasteiger partial charge < -0.3 is 9.64 Å². The average Bonchev–Trinajstić information content (AvgIpc) is 2.31. The Kier molecular flexibility index (Phi) is 4.17. The summed E-state index contributed by atoms with van der Waals surface area (Å²) in [7, 11) is 0. The number of halogens is 1. The van der Waals surface area contributed by atoms with Gasteiger partial charge in [-0.05, 0) is 33.6 Å². The number of rotatable bonds is 3. The Balaban J connectivity index is 2.14. The lowest BCUT2D eigenvalue weighted by atomic mass is 10.2. The fraction of sp³-hybridized carbons (Fsp3) is 0.455. The lowest BCUT2D eigenvalue weighted by Gasteiger charge is -2.29. The number of anilines is 1. The number of hydrogen-bond donors (Lipinski definition) is 1. The maximum atomic E-state index is 5.33. The number of ether oxygens (including phenoxy) is 1. The minimum atomic E-state index is 0.433. The van der Waals surface area contributed by atoms with Gasteiger partial charge in [-0.3, -0.25) is 4.84 Å². The van der Waals surface area contributed by atoms with Crippen molar-refractivity contribution in [2.75, 3.05) is 31.2 Å². The third kappa shape index (κ3) is 2.74. The highest BCUT2D eigenvalue weighted by Gasteiger charge is 2.13. The molecule has 0 aromatic heterocycles. The molecule has 0 bridgehead atoms. The normalized spacial score (nSPS) is 16.5. The van der Waals surface area contributed by atoms with Crippen molar-refractivity contribution in [3.8, 4) is 0 Å². The molecule has 1 saturated heterocycles. The van der Waals surface area contributed by atoms with Crippen molar-refractivity contribution in [3.05, 3.63) is 28.2 Å². The molecule has 1 aromatic rings. The first-order valence-corrected chi connectivity index (χ1v) is 6.03. The molecule has 0 spiro atoms. The van der Waals surface area contributed by atoms with Crippen molar-refractivity contribution < 1.29 is 9.57 Å². The van der Waals surface area contributed by atoms with Crippen LogP contribution in [-0.4, -0.2) is 26.3 Å². The highest BCUT2D eigenvalue weighted by atomic mass is 79.9. The van der Waals surface area contributed by atoms with Crippen LogP contribution >= 0.6 is 15.9 Å². The van der Waals surface area contributed by atoms with Gasteiger partial charge in [0.2, 0.25) is 0 Å². The minimum Gasteiger partial charge on any atom is -0.378 e. The summed E-state index contributed by atoms with van der Waals surface area (Å²) < 4.78 is 6.40. The summed E-state index contributed by atoms with van der Waals surface area (Å²) >= 11 is 3.57. The summed E-state index contributed by atoms with van der Waals surface area (Å²) in [6.45, 7) is 3.89. The van der Waals surface area contributed by atoms with E-state index in [0.717, 1.165) is 36.3 Å². The zero-order valence-electron chi connectivity index (χ0n) is 8.99. The lowest BCUT2D eigenvalue weighted by Crippen LogP contribution is -2.36. The molecular weight excluding hydrogens is 272 g/mol. The fourth-order valence-electron chi connectivity index (χ4n) is 1.80. The molecule has 1 aliphatic heterocycles. The molecule has 2 N–H and O–H groups in total. The van der Waals surface area contributed by atoms with E-state index >= 15 is 0 Å². The molecule has 5 heteroatoms. The first-order chi connectivity index (χ1) is 7.81. The maximum absolute atomic E-state index is 5.33. The van der Waals surface area contributed by atoms with E-state index in [-0.39, 0.29) is 0 Å². The van der Waals surface area contributed by atoms with Crippen molar-refractivity contribution in [2.45, 2.75) is 6.61 Å². The Morgan fingerprint density at radius 2 is 2.12 bits per heavy atom. The Morgan fingerprint density at radius 1 is 1.38 bits per heavy atom. The van der Waals surface area contributed by atoms with Crippen LogP contribution in [0.15, 0.2) is 22.7 Å². The van der Waals surface area contributed by atoms with E-state index in [9.17, 15) is 0 Å². The monoisotopic (exact) mass is 286 g/mol. The molecule has 16 heavy (non-hydrogen) atoms. The highest BCUT2D eigenvalue weighted by molar-refractivity contribution is 9.10. The van der Waals surface area contributed by atoms with Crippen LogP contribution in [0.3, 0.4) is 0 Å². The van der Waals surface area contributed by atoms with Gasteiger partial charge in [-0.25, -0.2) is 5.90 Å². The van der Waals surface area contributed by atoms with E-state index < -0.39 is 0 Å². The van der Waals surface area contributed by atoms with Crippen molar-refractivity contribution in [1.29, 1.82) is 0 Å². The molecule has 1 fully saturated rings. The number of morpholine rings is 1. The Morgan fingerprint density at radius 3 is 2.75 bits per heavy atom. The Labute approximate surface area is 103 Å². The Hall–Kier alpha value is -0.620. The molecule has 1 heterocycles. The fourth-order valence-corrected chi connectivity index (χ4v) is 2.47. The zero-order valence-corrected chi connectivity index (χ0v) is 10.6. The summed E-state index contributed by atoms with van der Waals surface area (Å²) in [5.41, 5.74) is 2.26. The smallest absolute Gasteiger partial charge is 0.0930 e. The molecule has 0 aliphatic carbocycles. The molecule has 0 radical (unpaired) electrons. The molecule has 4 nitrogen and oxygen atoms in total. The second-order valence-electron chi connectivity index (χ2n) is 3.70. The standard InChI is InChI=1S/C11H15BrN2O2/c12-10-7-9(8-16-13)1-2-11(10)14-3-5-15-6-4-14/h1-2,7H,3-6,8,13H2. The first kappa shape index (κ1) is 11.9. The third-order valence-electron chi connectivity index (χ3n) is 2.61. The van der Waals surface area contributed by atoms with Gasteiger partial charge in [-0.1, -0.05) is 6.07 Å². The van der Waals surface area contributed by atoms with Gasteiger partial charge in [0.15, 0.2) is 0 Å². The predicted octanol–water partition coefficient (Wildman–Crippen LogP) is 1.68. The van der Waals surface area contributed by atoms with Gasteiger partial charge in [-0.15, -0.1) is 0 Å². The number of nitrogens with two attached hydrogens (primary N) is 1. The summed E-state index contributed by atoms with van der Waals surface area (Å²) in [6, 6.07) is 6.16. The van der Waals surface area contributed by atoms with E-state index in [1.54, 1.807) is 0 Å². The van der Waals surface area contributed by atoms with Gasteiger partial charge in [0.05, 0.1) is 25.5 Å². The van der Waals surface area contributed by atoms with Crippen LogP contribution in [0.1, 0.15) is 5.56 Å². The third-order valence-corrected chi connectivity index (χ3v) is 3.25. The molecule has 0 atom stereocenters. The van der Waals surface area contributed by atoms with Crippen LogP contribution in [0.25, 0.3) is 0 Å². The summed E-state index contributed by atoms with van der Waals surface area (Å²) in [5.74, 6) is 5.05. The quantitative estimate of drug-likeness (QED) is 0.859. The maximum Gasteiger partial charge on any atom is 0.0930 e. The minimum absolute atomic E-state index is 0.433. The van der Waals surface area contributed by atoms with Crippen LogP contribution < -0.4 is 10.8 Å². The molecule has 0 unspecified atom stereocenters. The van der Waals surface area contributed by atoms with Crippen LogP contribution in [0, 0.1) is 0 Å². The average molecular weight is 287 g/mol. The van der Waals surface area contributed by atoms with Crippen molar-refractivity contribution >= 4 is 21.6 Å². The zero-order chi connectivity index (χ0) is 11.4. The van der Waals surface area contributed by atoms with E-state index in [2.05, 4.69) is 31.7 Å². The second kappa shape index (κ2) is 5.63. The molecule has 0 saturated carbocycles. The molecule has 0 amide bonds. The van der Waals surface area contributed by atoms with Crippen molar-refractivity contribution in [2.24, 2.45) is 5.90 Å². The largest absolute Gasteiger partial charge is 0.378 e. The van der Waals surface area contributed by atoms with E-state index in [0.29, 0.717) is 6.61 Å². The van der Waals surface area contributed by atoms with Crippen LogP contribution in [-0.2, 0) is 16.2 Å². The van der Waals surface area contributed by atoms with Crippen LogP contribution in [0.4, 0.5) is 5.69 Å². The van der Waals surface area contributed by atoms with Crippen molar-refractivity contribution in [1.82, 2.24) is 0 Å². The first-order valence-electron chi connectivity index (χ1n) is 5.24. The molecule has 2 rings (SSSR count). The van der Waals surface area contributed by atoms with E-state index in [4.69, 9.17) is 10.6 Å². The van der Waals surface area contributed by atoms with Crippen LogP contribution in [0.2, 0.25) is 0 Å². The molecular formula is C11H15BrN2O2. The van der Waals surface area contributed by atoms with Gasteiger partial charge in [0, 0.05) is 17.6 Å². The van der Waals surface area contributed by atoms with Gasteiger partial charge >= 0.3 is 0 Å². The number of hydrogen-bond acceptors (Lipinski definition) is 4. The lowest BCUT2D eigenvalue weighted by molar-refractivity contribution is 0.122. The van der Waals surface area contributed by atoms with Gasteiger partial charge in [0.1, 0.15) is 0 Å². The van der Waals surface area contributed by atoms with E-state index in [1.807, 2.05) is 12.1 Å². The highest BCUT2D eigenvalue weighted by Crippen LogP contribution is 2.28. The number of benzene rings is 1. The molecule has 88 valence electrons. The Bertz CT molecular complexity index is 354. The molecule has 1 aliphatic rings. The predicted molar refractivity (Wildman–Crippen MR) is 66.2 cm³/mol.